The Morgan fingerprint density at radius 3 is 2.96 bits per heavy atom. The standard InChI is InChI=1S/C17H22N4O3/c1-2-4-12-5-3-7-20(8-6-12)15-10-14-13(9-16(15)21(23)24)17(22)19-11-18-14/h9-12H,2-8H2,1H3,(H,18,19,22)/t12-/m0/s1. The molecule has 0 bridgehead atoms. The number of nitro benzene ring substituents is 1. The molecule has 7 nitrogen and oxygen atoms in total. The molecule has 1 aromatic heterocycles. The normalized spacial score (nSPS) is 18.5. The first-order valence-corrected chi connectivity index (χ1v) is 8.51. The molecule has 2 aromatic rings. The second-order valence-electron chi connectivity index (χ2n) is 6.42. The van der Waals surface area contributed by atoms with Crippen LogP contribution in [0.4, 0.5) is 11.4 Å². The molecule has 1 N–H and O–H groups in total. The number of aromatic nitrogens is 2. The zero-order chi connectivity index (χ0) is 17.1. The fraction of sp³-hybridized carbons (Fsp3) is 0.529. The molecular formula is C17H22N4O3. The SMILES string of the molecule is CCC[C@H]1CCCN(c2cc3nc[nH]c(=O)c3cc2[N+](=O)[O-])CC1. The molecule has 0 amide bonds. The third kappa shape index (κ3) is 3.25. The van der Waals surface area contributed by atoms with Gasteiger partial charge in [-0.25, -0.2) is 4.98 Å². The third-order valence-electron chi connectivity index (χ3n) is 4.82. The Morgan fingerprint density at radius 1 is 1.38 bits per heavy atom. The number of benzene rings is 1. The molecule has 2 heterocycles. The van der Waals surface area contributed by atoms with Crippen LogP contribution in [0.2, 0.25) is 0 Å². The van der Waals surface area contributed by atoms with Gasteiger partial charge in [-0.3, -0.25) is 14.9 Å². The smallest absolute Gasteiger partial charge is 0.293 e. The van der Waals surface area contributed by atoms with Crippen LogP contribution in [0.15, 0.2) is 23.3 Å². The van der Waals surface area contributed by atoms with Gasteiger partial charge in [0, 0.05) is 19.2 Å². The lowest BCUT2D eigenvalue weighted by molar-refractivity contribution is -0.384. The van der Waals surface area contributed by atoms with E-state index in [9.17, 15) is 14.9 Å². The Kier molecular flexibility index (Phi) is 4.78. The summed E-state index contributed by atoms with van der Waals surface area (Å²) in [6.07, 6.45) is 6.97. The van der Waals surface area contributed by atoms with Gasteiger partial charge in [0.15, 0.2) is 0 Å². The lowest BCUT2D eigenvalue weighted by Crippen LogP contribution is -2.25. The number of hydrogen-bond acceptors (Lipinski definition) is 5. The number of nitrogens with one attached hydrogen (secondary N) is 1. The largest absolute Gasteiger partial charge is 0.366 e. The summed E-state index contributed by atoms with van der Waals surface area (Å²) in [4.78, 5) is 31.7. The van der Waals surface area contributed by atoms with Gasteiger partial charge in [0.25, 0.3) is 11.2 Å². The van der Waals surface area contributed by atoms with Crippen molar-refractivity contribution in [2.45, 2.75) is 39.0 Å². The third-order valence-corrected chi connectivity index (χ3v) is 4.82. The van der Waals surface area contributed by atoms with Gasteiger partial charge in [-0.15, -0.1) is 0 Å². The lowest BCUT2D eigenvalue weighted by atomic mass is 9.96. The minimum absolute atomic E-state index is 0.0186. The van der Waals surface area contributed by atoms with Crippen molar-refractivity contribution < 1.29 is 4.92 Å². The molecular weight excluding hydrogens is 308 g/mol. The van der Waals surface area contributed by atoms with E-state index in [2.05, 4.69) is 21.8 Å². The van der Waals surface area contributed by atoms with Crippen LogP contribution in [0.25, 0.3) is 10.9 Å². The second-order valence-corrected chi connectivity index (χ2v) is 6.42. The zero-order valence-electron chi connectivity index (χ0n) is 13.8. The summed E-state index contributed by atoms with van der Waals surface area (Å²) in [6.45, 7) is 3.80. The maximum absolute atomic E-state index is 11.9. The van der Waals surface area contributed by atoms with Crippen LogP contribution in [-0.4, -0.2) is 28.0 Å². The molecule has 1 saturated heterocycles. The number of hydrogen-bond donors (Lipinski definition) is 1. The molecule has 3 rings (SSSR count). The summed E-state index contributed by atoms with van der Waals surface area (Å²) in [5, 5.41) is 11.8. The number of aromatic amines is 1. The molecule has 0 spiro atoms. The van der Waals surface area contributed by atoms with Gasteiger partial charge in [0.05, 0.1) is 22.2 Å². The van der Waals surface area contributed by atoms with E-state index in [0.29, 0.717) is 17.1 Å². The van der Waals surface area contributed by atoms with Crippen LogP contribution >= 0.6 is 0 Å². The first kappa shape index (κ1) is 16.4. The molecule has 1 aliphatic heterocycles. The summed E-state index contributed by atoms with van der Waals surface area (Å²) in [7, 11) is 0. The first-order chi connectivity index (χ1) is 11.6. The predicted octanol–water partition coefficient (Wildman–Crippen LogP) is 3.24. The topological polar surface area (TPSA) is 92.1 Å². The van der Waals surface area contributed by atoms with Gasteiger partial charge < -0.3 is 9.88 Å². The minimum Gasteiger partial charge on any atom is -0.366 e. The molecule has 7 heteroatoms. The Labute approximate surface area is 139 Å². The highest BCUT2D eigenvalue weighted by molar-refractivity contribution is 5.87. The second kappa shape index (κ2) is 6.98. The molecule has 0 saturated carbocycles. The van der Waals surface area contributed by atoms with E-state index in [0.717, 1.165) is 25.9 Å². The number of H-pyrrole nitrogens is 1. The van der Waals surface area contributed by atoms with E-state index < -0.39 is 4.92 Å². The number of nitro groups is 1. The average Bonchev–Trinajstić information content (AvgIpc) is 2.80. The first-order valence-electron chi connectivity index (χ1n) is 8.51. The molecule has 1 atom stereocenters. The Balaban J connectivity index is 2.00. The minimum atomic E-state index is -0.407. The molecule has 24 heavy (non-hydrogen) atoms. The van der Waals surface area contributed by atoms with Crippen molar-refractivity contribution in [1.29, 1.82) is 0 Å². The predicted molar refractivity (Wildman–Crippen MR) is 93.5 cm³/mol. The van der Waals surface area contributed by atoms with Gasteiger partial charge in [-0.1, -0.05) is 19.8 Å². The highest BCUT2D eigenvalue weighted by Gasteiger charge is 2.24. The summed E-state index contributed by atoms with van der Waals surface area (Å²) in [5.74, 6) is 0.695. The average molecular weight is 330 g/mol. The van der Waals surface area contributed by atoms with Crippen LogP contribution in [-0.2, 0) is 0 Å². The van der Waals surface area contributed by atoms with E-state index in [1.807, 2.05) is 0 Å². The van der Waals surface area contributed by atoms with Crippen LogP contribution in [0, 0.1) is 16.0 Å². The van der Waals surface area contributed by atoms with E-state index >= 15 is 0 Å². The Morgan fingerprint density at radius 2 is 2.21 bits per heavy atom. The van der Waals surface area contributed by atoms with E-state index in [4.69, 9.17) is 0 Å². The van der Waals surface area contributed by atoms with Gasteiger partial charge in [-0.2, -0.15) is 0 Å². The van der Waals surface area contributed by atoms with Crippen LogP contribution in [0.5, 0.6) is 0 Å². The van der Waals surface area contributed by atoms with Crippen molar-refractivity contribution >= 4 is 22.3 Å². The monoisotopic (exact) mass is 330 g/mol. The highest BCUT2D eigenvalue weighted by Crippen LogP contribution is 2.34. The van der Waals surface area contributed by atoms with Crippen molar-refractivity contribution in [3.63, 3.8) is 0 Å². The fourth-order valence-electron chi connectivity index (χ4n) is 3.60. The van der Waals surface area contributed by atoms with Gasteiger partial charge in [-0.05, 0) is 31.2 Å². The van der Waals surface area contributed by atoms with Crippen molar-refractivity contribution in [3.8, 4) is 0 Å². The quantitative estimate of drug-likeness (QED) is 0.686. The molecule has 0 aliphatic carbocycles. The fourth-order valence-corrected chi connectivity index (χ4v) is 3.60. The summed E-state index contributed by atoms with van der Waals surface area (Å²) in [5.41, 5.74) is 0.694. The van der Waals surface area contributed by atoms with Crippen LogP contribution in [0.3, 0.4) is 0 Å². The Hall–Kier alpha value is -2.44. The number of anilines is 1. The van der Waals surface area contributed by atoms with Crippen molar-refractivity contribution in [3.05, 3.63) is 38.9 Å². The zero-order valence-corrected chi connectivity index (χ0v) is 13.8. The van der Waals surface area contributed by atoms with Crippen molar-refractivity contribution in [2.24, 2.45) is 5.92 Å². The molecule has 128 valence electrons. The maximum atomic E-state index is 11.9. The van der Waals surface area contributed by atoms with Crippen molar-refractivity contribution in [1.82, 2.24) is 9.97 Å². The van der Waals surface area contributed by atoms with Gasteiger partial charge in [0.1, 0.15) is 5.69 Å². The van der Waals surface area contributed by atoms with Crippen molar-refractivity contribution in [2.75, 3.05) is 18.0 Å². The molecule has 0 radical (unpaired) electrons. The lowest BCUT2D eigenvalue weighted by Gasteiger charge is -2.23. The molecule has 1 aliphatic rings. The van der Waals surface area contributed by atoms with Gasteiger partial charge in [0.2, 0.25) is 0 Å². The molecule has 1 fully saturated rings. The van der Waals surface area contributed by atoms with Crippen LogP contribution < -0.4 is 10.5 Å². The highest BCUT2D eigenvalue weighted by atomic mass is 16.6. The summed E-state index contributed by atoms with van der Waals surface area (Å²) >= 11 is 0. The molecule has 1 aromatic carbocycles. The number of fused-ring (bicyclic) bond motifs is 1. The summed E-state index contributed by atoms with van der Waals surface area (Å²) in [6, 6.07) is 3.04. The van der Waals surface area contributed by atoms with E-state index in [1.165, 1.54) is 31.7 Å². The maximum Gasteiger partial charge on any atom is 0.293 e. The van der Waals surface area contributed by atoms with Gasteiger partial charge >= 0.3 is 0 Å². The summed E-state index contributed by atoms with van der Waals surface area (Å²) < 4.78 is 0. The Bertz CT molecular complexity index is 802. The number of rotatable bonds is 4. The van der Waals surface area contributed by atoms with E-state index in [1.54, 1.807) is 6.07 Å². The molecule has 0 unspecified atom stereocenters. The number of nitrogens with zero attached hydrogens (tertiary/aromatic N) is 3. The van der Waals surface area contributed by atoms with Crippen LogP contribution in [0.1, 0.15) is 39.0 Å². The van der Waals surface area contributed by atoms with E-state index in [-0.39, 0.29) is 16.6 Å².